The molecule has 1 aromatic rings. The third-order valence-corrected chi connectivity index (χ3v) is 3.26. The molecule has 0 fully saturated rings. The third-order valence-electron chi connectivity index (χ3n) is 3.02. The van der Waals surface area contributed by atoms with Crippen molar-refractivity contribution in [3.05, 3.63) is 28.8 Å². The van der Waals surface area contributed by atoms with E-state index in [4.69, 9.17) is 16.7 Å². The number of carboxylic acids is 1. The molecule has 5 nitrogen and oxygen atoms in total. The molecule has 0 aliphatic carbocycles. The van der Waals surface area contributed by atoms with Gasteiger partial charge in [-0.15, -0.1) is 0 Å². The van der Waals surface area contributed by atoms with Gasteiger partial charge in [0.05, 0.1) is 5.56 Å². The fraction of sp³-hybridized carbons (Fsp3) is 0.467. The van der Waals surface area contributed by atoms with Crippen LogP contribution in [0.15, 0.2) is 18.2 Å². The van der Waals surface area contributed by atoms with Crippen molar-refractivity contribution >= 4 is 23.5 Å². The first-order valence-electron chi connectivity index (χ1n) is 6.78. The number of aliphatic carboxylic acids is 1. The maximum atomic E-state index is 12.0. The van der Waals surface area contributed by atoms with E-state index in [1.54, 1.807) is 0 Å². The molecule has 0 aliphatic heterocycles. The minimum Gasteiger partial charge on any atom is -0.507 e. The SMILES string of the molecule is CC(C)C[C@H](CNC(=O)c1cc(Cl)ccc1O)CC(=O)O. The molecule has 0 aromatic heterocycles. The number of amides is 1. The van der Waals surface area contributed by atoms with Crippen molar-refractivity contribution in [3.8, 4) is 5.75 Å². The molecular formula is C15H20ClNO4. The summed E-state index contributed by atoms with van der Waals surface area (Å²) in [6.07, 6.45) is 0.702. The number of halogens is 1. The summed E-state index contributed by atoms with van der Waals surface area (Å²) in [6.45, 7) is 4.24. The lowest BCUT2D eigenvalue weighted by atomic mass is 9.94. The minimum atomic E-state index is -0.888. The van der Waals surface area contributed by atoms with Crippen LogP contribution < -0.4 is 5.32 Å². The minimum absolute atomic E-state index is 0.0000119. The smallest absolute Gasteiger partial charge is 0.303 e. The van der Waals surface area contributed by atoms with Gasteiger partial charge in [-0.05, 0) is 36.5 Å². The predicted octanol–water partition coefficient (Wildman–Crippen LogP) is 2.91. The molecular weight excluding hydrogens is 294 g/mol. The summed E-state index contributed by atoms with van der Waals surface area (Å²) in [5, 5.41) is 21.5. The van der Waals surface area contributed by atoms with Crippen molar-refractivity contribution in [3.63, 3.8) is 0 Å². The summed E-state index contributed by atoms with van der Waals surface area (Å²) in [4.78, 5) is 22.9. The third kappa shape index (κ3) is 6.04. The Morgan fingerprint density at radius 2 is 2.00 bits per heavy atom. The molecule has 1 atom stereocenters. The molecule has 0 bridgehead atoms. The highest BCUT2D eigenvalue weighted by Crippen LogP contribution is 2.21. The maximum Gasteiger partial charge on any atom is 0.303 e. The van der Waals surface area contributed by atoms with Gasteiger partial charge >= 0.3 is 5.97 Å². The van der Waals surface area contributed by atoms with Crippen LogP contribution in [0.5, 0.6) is 5.75 Å². The Labute approximate surface area is 128 Å². The van der Waals surface area contributed by atoms with E-state index in [0.29, 0.717) is 17.4 Å². The highest BCUT2D eigenvalue weighted by Gasteiger charge is 2.18. The summed E-state index contributed by atoms with van der Waals surface area (Å²) in [7, 11) is 0. The second kappa shape index (κ2) is 7.88. The van der Waals surface area contributed by atoms with E-state index in [1.165, 1.54) is 18.2 Å². The zero-order valence-electron chi connectivity index (χ0n) is 12.1. The number of phenolic OH excluding ortho intramolecular Hbond substituents is 1. The molecule has 1 aromatic carbocycles. The Morgan fingerprint density at radius 1 is 1.33 bits per heavy atom. The largest absolute Gasteiger partial charge is 0.507 e. The van der Waals surface area contributed by atoms with Crippen molar-refractivity contribution in [2.45, 2.75) is 26.7 Å². The number of benzene rings is 1. The summed E-state index contributed by atoms with van der Waals surface area (Å²) >= 11 is 5.79. The summed E-state index contributed by atoms with van der Waals surface area (Å²) in [5.41, 5.74) is 0.0844. The van der Waals surface area contributed by atoms with Crippen molar-refractivity contribution < 1.29 is 19.8 Å². The maximum absolute atomic E-state index is 12.0. The molecule has 0 saturated heterocycles. The number of rotatable bonds is 7. The molecule has 0 spiro atoms. The zero-order valence-corrected chi connectivity index (χ0v) is 12.9. The first kappa shape index (κ1) is 17.3. The van der Waals surface area contributed by atoms with Gasteiger partial charge < -0.3 is 15.5 Å². The van der Waals surface area contributed by atoms with Gasteiger partial charge in [0.25, 0.3) is 5.91 Å². The first-order valence-corrected chi connectivity index (χ1v) is 7.16. The summed E-state index contributed by atoms with van der Waals surface area (Å²) in [5.74, 6) is -1.32. The number of hydrogen-bond donors (Lipinski definition) is 3. The molecule has 1 amide bonds. The molecule has 21 heavy (non-hydrogen) atoms. The predicted molar refractivity (Wildman–Crippen MR) is 80.6 cm³/mol. The van der Waals surface area contributed by atoms with E-state index < -0.39 is 11.9 Å². The van der Waals surface area contributed by atoms with Crippen LogP contribution in [0, 0.1) is 11.8 Å². The van der Waals surface area contributed by atoms with Gasteiger partial charge in [0, 0.05) is 18.0 Å². The topological polar surface area (TPSA) is 86.6 Å². The number of carbonyl (C=O) groups is 2. The fourth-order valence-corrected chi connectivity index (χ4v) is 2.35. The number of aromatic hydroxyl groups is 1. The van der Waals surface area contributed by atoms with Crippen molar-refractivity contribution in [2.75, 3.05) is 6.54 Å². The van der Waals surface area contributed by atoms with Crippen LogP contribution in [-0.2, 0) is 4.79 Å². The van der Waals surface area contributed by atoms with Crippen molar-refractivity contribution in [2.24, 2.45) is 11.8 Å². The molecule has 1 rings (SSSR count). The lowest BCUT2D eigenvalue weighted by Gasteiger charge is -2.18. The van der Waals surface area contributed by atoms with E-state index >= 15 is 0 Å². The molecule has 0 radical (unpaired) electrons. The Kier molecular flexibility index (Phi) is 6.49. The highest BCUT2D eigenvalue weighted by molar-refractivity contribution is 6.31. The number of hydrogen-bond acceptors (Lipinski definition) is 3. The van der Waals surface area contributed by atoms with Crippen LogP contribution in [0.2, 0.25) is 5.02 Å². The van der Waals surface area contributed by atoms with E-state index in [0.717, 1.165) is 0 Å². The van der Waals surface area contributed by atoms with Gasteiger partial charge in [-0.25, -0.2) is 0 Å². The normalized spacial score (nSPS) is 12.2. The molecule has 0 heterocycles. The molecule has 0 aliphatic rings. The van der Waals surface area contributed by atoms with Crippen LogP contribution in [0.4, 0.5) is 0 Å². The Morgan fingerprint density at radius 3 is 2.57 bits per heavy atom. The average Bonchev–Trinajstić information content (AvgIpc) is 2.37. The Hall–Kier alpha value is -1.75. The van der Waals surface area contributed by atoms with E-state index in [-0.39, 0.29) is 30.2 Å². The Bertz CT molecular complexity index is 516. The standard InChI is InChI=1S/C15H20ClNO4/c1-9(2)5-10(6-14(19)20)8-17-15(21)12-7-11(16)3-4-13(12)18/h3-4,7,9-10,18H,5-6,8H2,1-2H3,(H,17,21)(H,19,20)/t10-/m0/s1. The summed E-state index contributed by atoms with van der Waals surface area (Å²) in [6, 6.07) is 4.21. The van der Waals surface area contributed by atoms with Crippen LogP contribution >= 0.6 is 11.6 Å². The summed E-state index contributed by atoms with van der Waals surface area (Å²) < 4.78 is 0. The quantitative estimate of drug-likeness (QED) is 0.722. The lowest BCUT2D eigenvalue weighted by Crippen LogP contribution is -2.31. The van der Waals surface area contributed by atoms with Crippen LogP contribution in [0.25, 0.3) is 0 Å². The molecule has 6 heteroatoms. The monoisotopic (exact) mass is 313 g/mol. The van der Waals surface area contributed by atoms with E-state index in [2.05, 4.69) is 5.32 Å². The second-order valence-electron chi connectivity index (χ2n) is 5.46. The van der Waals surface area contributed by atoms with Gasteiger partial charge in [-0.3, -0.25) is 9.59 Å². The van der Waals surface area contributed by atoms with E-state index in [1.807, 2.05) is 13.8 Å². The van der Waals surface area contributed by atoms with Gasteiger partial charge in [-0.1, -0.05) is 25.4 Å². The molecule has 0 unspecified atom stereocenters. The van der Waals surface area contributed by atoms with Gasteiger partial charge in [0.1, 0.15) is 5.75 Å². The van der Waals surface area contributed by atoms with Gasteiger partial charge in [0.2, 0.25) is 0 Å². The van der Waals surface area contributed by atoms with Gasteiger partial charge in [0.15, 0.2) is 0 Å². The molecule has 116 valence electrons. The fourth-order valence-electron chi connectivity index (χ4n) is 2.17. The second-order valence-corrected chi connectivity index (χ2v) is 5.90. The van der Waals surface area contributed by atoms with Crippen LogP contribution in [0.1, 0.15) is 37.0 Å². The number of carboxylic acid groups (broad SMARTS) is 1. The zero-order chi connectivity index (χ0) is 16.0. The molecule has 3 N–H and O–H groups in total. The first-order chi connectivity index (χ1) is 9.79. The number of nitrogens with one attached hydrogen (secondary N) is 1. The van der Waals surface area contributed by atoms with E-state index in [9.17, 15) is 14.7 Å². The molecule has 0 saturated carbocycles. The Balaban J connectivity index is 2.68. The number of carbonyl (C=O) groups excluding carboxylic acids is 1. The van der Waals surface area contributed by atoms with Crippen molar-refractivity contribution in [1.82, 2.24) is 5.32 Å². The van der Waals surface area contributed by atoms with Crippen LogP contribution in [-0.4, -0.2) is 28.6 Å². The number of phenols is 1. The van der Waals surface area contributed by atoms with Crippen molar-refractivity contribution in [1.29, 1.82) is 0 Å². The lowest BCUT2D eigenvalue weighted by molar-refractivity contribution is -0.138. The average molecular weight is 314 g/mol. The van der Waals surface area contributed by atoms with Crippen LogP contribution in [0.3, 0.4) is 0 Å². The highest BCUT2D eigenvalue weighted by atomic mass is 35.5. The van der Waals surface area contributed by atoms with Gasteiger partial charge in [-0.2, -0.15) is 0 Å².